The first kappa shape index (κ1) is 21.2. The summed E-state index contributed by atoms with van der Waals surface area (Å²) < 4.78 is 65.3. The molecule has 0 aliphatic carbocycles. The Kier molecular flexibility index (Phi) is 5.57. The van der Waals surface area contributed by atoms with E-state index in [1.807, 2.05) is 12.1 Å². The van der Waals surface area contributed by atoms with Crippen molar-refractivity contribution in [2.75, 3.05) is 6.54 Å². The highest BCUT2D eigenvalue weighted by Crippen LogP contribution is 2.41. The average Bonchev–Trinajstić information content (AvgIpc) is 3.39. The maximum Gasteiger partial charge on any atom is 0.417 e. The Morgan fingerprint density at radius 1 is 1.00 bits per heavy atom. The molecule has 2 heterocycles. The third-order valence-corrected chi connectivity index (χ3v) is 6.26. The molecular weight excluding hydrogens is 421 g/mol. The zero-order chi connectivity index (χ0) is 21.5. The van der Waals surface area contributed by atoms with Gasteiger partial charge in [0.2, 0.25) is 10.0 Å². The molecule has 2 fully saturated rings. The summed E-state index contributed by atoms with van der Waals surface area (Å²) in [5, 5.41) is 8.63. The summed E-state index contributed by atoms with van der Waals surface area (Å²) in [5.74, 6) is 0. The zero-order valence-electron chi connectivity index (χ0n) is 15.7. The number of halogens is 3. The molecule has 2 aliphatic heterocycles. The summed E-state index contributed by atoms with van der Waals surface area (Å²) in [4.78, 5) is -0.968. The summed E-state index contributed by atoms with van der Waals surface area (Å²) in [7, 11) is -4.70. The SMILES string of the molecule is NS(=O)(=O)c1c(C(F)(F)F)ccc(-c2ccc(C3CCCN3)cc2)c1C1NNNN1. The van der Waals surface area contributed by atoms with Gasteiger partial charge in [0.1, 0.15) is 11.1 Å². The van der Waals surface area contributed by atoms with Gasteiger partial charge in [-0.1, -0.05) is 30.3 Å². The summed E-state index contributed by atoms with van der Waals surface area (Å²) in [5.41, 5.74) is 10.8. The number of sulfonamides is 1. The Hall–Kier alpha value is -2.06. The van der Waals surface area contributed by atoms with E-state index in [4.69, 9.17) is 5.14 Å². The number of rotatable bonds is 4. The van der Waals surface area contributed by atoms with Crippen molar-refractivity contribution in [3.05, 3.63) is 53.1 Å². The topological polar surface area (TPSA) is 120 Å². The quantitative estimate of drug-likeness (QED) is 0.425. The van der Waals surface area contributed by atoms with Gasteiger partial charge in [0.15, 0.2) is 0 Å². The van der Waals surface area contributed by atoms with Gasteiger partial charge in [-0.25, -0.2) is 24.4 Å². The predicted molar refractivity (Wildman–Crippen MR) is 104 cm³/mol. The number of alkyl halides is 3. The van der Waals surface area contributed by atoms with Crippen LogP contribution in [-0.2, 0) is 16.2 Å². The molecule has 0 saturated carbocycles. The van der Waals surface area contributed by atoms with Crippen molar-refractivity contribution in [1.82, 2.24) is 27.2 Å². The largest absolute Gasteiger partial charge is 0.417 e. The van der Waals surface area contributed by atoms with E-state index in [-0.39, 0.29) is 11.6 Å². The molecule has 0 bridgehead atoms. The number of hydrazine groups is 3. The molecular formula is C18H21F3N6O2S. The van der Waals surface area contributed by atoms with Gasteiger partial charge in [0.25, 0.3) is 0 Å². The van der Waals surface area contributed by atoms with Crippen molar-refractivity contribution in [3.63, 3.8) is 0 Å². The molecule has 4 rings (SSSR count). The molecule has 0 spiro atoms. The fourth-order valence-corrected chi connectivity index (χ4v) is 4.95. The number of nitrogens with one attached hydrogen (secondary N) is 5. The van der Waals surface area contributed by atoms with Gasteiger partial charge in [-0.2, -0.15) is 24.2 Å². The number of hydrogen-bond acceptors (Lipinski definition) is 7. The lowest BCUT2D eigenvalue weighted by Crippen LogP contribution is -2.33. The highest BCUT2D eigenvalue weighted by atomic mass is 32.2. The molecule has 2 aromatic rings. The van der Waals surface area contributed by atoms with E-state index in [9.17, 15) is 21.6 Å². The average molecular weight is 442 g/mol. The molecule has 2 aromatic carbocycles. The van der Waals surface area contributed by atoms with Gasteiger partial charge in [-0.3, -0.25) is 0 Å². The van der Waals surface area contributed by atoms with Crippen LogP contribution in [0, 0.1) is 0 Å². The second-order valence-corrected chi connectivity index (χ2v) is 8.69. The number of primary sulfonamides is 1. The van der Waals surface area contributed by atoms with Crippen LogP contribution in [0.25, 0.3) is 11.1 Å². The van der Waals surface area contributed by atoms with E-state index in [0.29, 0.717) is 11.1 Å². The maximum absolute atomic E-state index is 13.6. The zero-order valence-corrected chi connectivity index (χ0v) is 16.5. The Balaban J connectivity index is 1.89. The van der Waals surface area contributed by atoms with E-state index < -0.39 is 32.8 Å². The third-order valence-electron chi connectivity index (χ3n) is 5.25. The highest BCUT2D eigenvalue weighted by molar-refractivity contribution is 7.89. The summed E-state index contributed by atoms with van der Waals surface area (Å²) in [6.07, 6.45) is -3.79. The molecule has 1 atom stereocenters. The lowest BCUT2D eigenvalue weighted by Gasteiger charge is -2.22. The Morgan fingerprint density at radius 2 is 1.67 bits per heavy atom. The van der Waals surface area contributed by atoms with Gasteiger partial charge in [-0.05, 0) is 42.1 Å². The van der Waals surface area contributed by atoms with Crippen molar-refractivity contribution in [3.8, 4) is 11.1 Å². The first-order valence-corrected chi connectivity index (χ1v) is 10.8. The Labute approximate surface area is 171 Å². The molecule has 2 saturated heterocycles. The summed E-state index contributed by atoms with van der Waals surface area (Å²) in [6, 6.07) is 9.56. The van der Waals surface area contributed by atoms with Crippen LogP contribution in [-0.4, -0.2) is 15.0 Å². The van der Waals surface area contributed by atoms with Gasteiger partial charge in [0.05, 0.1) is 5.56 Å². The van der Waals surface area contributed by atoms with E-state index in [2.05, 4.69) is 27.2 Å². The fraction of sp³-hybridized carbons (Fsp3) is 0.333. The van der Waals surface area contributed by atoms with Crippen molar-refractivity contribution < 1.29 is 21.6 Å². The van der Waals surface area contributed by atoms with Crippen molar-refractivity contribution in [2.45, 2.75) is 36.1 Å². The van der Waals surface area contributed by atoms with Crippen LogP contribution in [0.4, 0.5) is 13.2 Å². The van der Waals surface area contributed by atoms with Crippen LogP contribution in [0.2, 0.25) is 0 Å². The lowest BCUT2D eigenvalue weighted by molar-refractivity contribution is -0.140. The van der Waals surface area contributed by atoms with Crippen molar-refractivity contribution >= 4 is 10.0 Å². The van der Waals surface area contributed by atoms with E-state index in [1.54, 1.807) is 12.1 Å². The second-order valence-electron chi connectivity index (χ2n) is 7.19. The molecule has 1 unspecified atom stereocenters. The monoisotopic (exact) mass is 442 g/mol. The number of hydrogen-bond donors (Lipinski definition) is 6. The van der Waals surface area contributed by atoms with Crippen LogP contribution in [0.5, 0.6) is 0 Å². The molecule has 7 N–H and O–H groups in total. The minimum Gasteiger partial charge on any atom is -0.310 e. The van der Waals surface area contributed by atoms with E-state index in [1.165, 1.54) is 6.07 Å². The first-order chi connectivity index (χ1) is 14.2. The molecule has 12 heteroatoms. The molecule has 8 nitrogen and oxygen atoms in total. The standard InChI is InChI=1S/C18H21F3N6O2S/c19-18(20,21)13-8-7-12(10-3-5-11(6-4-10)14-2-1-9-23-14)15(16(13)30(22,28)29)17-24-26-27-25-17/h3-8,14,17,23-27H,1-2,9H2,(H2,22,28,29). The van der Waals surface area contributed by atoms with Gasteiger partial charge in [-0.15, -0.1) is 0 Å². The van der Waals surface area contributed by atoms with E-state index in [0.717, 1.165) is 31.0 Å². The highest BCUT2D eigenvalue weighted by Gasteiger charge is 2.40. The lowest BCUT2D eigenvalue weighted by atomic mass is 9.93. The van der Waals surface area contributed by atoms with Crippen molar-refractivity contribution in [2.24, 2.45) is 5.14 Å². The van der Waals surface area contributed by atoms with Crippen LogP contribution < -0.4 is 32.4 Å². The van der Waals surface area contributed by atoms with Crippen LogP contribution in [0.1, 0.15) is 41.7 Å². The third kappa shape index (κ3) is 4.07. The smallest absolute Gasteiger partial charge is 0.310 e. The number of nitrogens with two attached hydrogens (primary N) is 1. The Morgan fingerprint density at radius 3 is 2.20 bits per heavy atom. The van der Waals surface area contributed by atoms with Crippen LogP contribution in [0.15, 0.2) is 41.3 Å². The fourth-order valence-electron chi connectivity index (χ4n) is 3.93. The molecule has 0 aromatic heterocycles. The van der Waals surface area contributed by atoms with Gasteiger partial charge in [0, 0.05) is 11.6 Å². The van der Waals surface area contributed by atoms with Crippen molar-refractivity contribution in [1.29, 1.82) is 0 Å². The molecule has 0 amide bonds. The Bertz CT molecular complexity index is 1030. The van der Waals surface area contributed by atoms with Gasteiger partial charge >= 0.3 is 6.18 Å². The summed E-state index contributed by atoms with van der Waals surface area (Å²) >= 11 is 0. The maximum atomic E-state index is 13.6. The first-order valence-electron chi connectivity index (χ1n) is 9.28. The van der Waals surface area contributed by atoms with Gasteiger partial charge < -0.3 is 5.32 Å². The second kappa shape index (κ2) is 7.89. The predicted octanol–water partition coefficient (Wildman–Crippen LogP) is 1.56. The van der Waals surface area contributed by atoms with Crippen LogP contribution >= 0.6 is 0 Å². The minimum absolute atomic E-state index is 0.128. The molecule has 2 aliphatic rings. The normalized spacial score (nSPS) is 20.7. The molecule has 0 radical (unpaired) electrons. The molecule has 162 valence electrons. The summed E-state index contributed by atoms with van der Waals surface area (Å²) in [6.45, 7) is 0.937. The number of benzene rings is 2. The van der Waals surface area contributed by atoms with E-state index >= 15 is 0 Å². The minimum atomic E-state index is -4.90. The van der Waals surface area contributed by atoms with Crippen LogP contribution in [0.3, 0.4) is 0 Å². The molecule has 30 heavy (non-hydrogen) atoms.